The van der Waals surface area contributed by atoms with Gasteiger partial charge in [0.25, 0.3) is 11.4 Å². The van der Waals surface area contributed by atoms with Gasteiger partial charge in [0.1, 0.15) is 0 Å². The Morgan fingerprint density at radius 2 is 1.15 bits per heavy atom. The van der Waals surface area contributed by atoms with Crippen LogP contribution in [0, 0.1) is 0 Å². The summed E-state index contributed by atoms with van der Waals surface area (Å²) < 4.78 is 0. The third kappa shape index (κ3) is 9.02. The van der Waals surface area contributed by atoms with Crippen LogP contribution < -0.4 is 22.9 Å². The molecule has 0 aliphatic heterocycles. The lowest BCUT2D eigenvalue weighted by Gasteiger charge is -1.97. The molecule has 0 aromatic rings. The number of hydrogen-bond acceptors (Lipinski definition) is 4. The zero-order valence-corrected chi connectivity index (χ0v) is 14.2. The van der Waals surface area contributed by atoms with Gasteiger partial charge in [0.05, 0.1) is 12.8 Å². The van der Waals surface area contributed by atoms with E-state index in [1.165, 1.54) is 12.2 Å². The van der Waals surface area contributed by atoms with E-state index in [0.29, 0.717) is 48.5 Å². The lowest BCUT2D eigenvalue weighted by molar-refractivity contribution is -0.115. The van der Waals surface area contributed by atoms with Gasteiger partial charge in [-0.2, -0.15) is 9.58 Å². The summed E-state index contributed by atoms with van der Waals surface area (Å²) in [6.07, 6.45) is 10.3. The molecule has 0 radical (unpaired) electrons. The van der Waals surface area contributed by atoms with Gasteiger partial charge in [-0.15, -0.1) is 0 Å². The highest BCUT2D eigenvalue weighted by atomic mass is 16.1. The molecule has 0 bridgehead atoms. The molecule has 2 aliphatic carbocycles. The molecule has 0 unspecified atom stereocenters. The van der Waals surface area contributed by atoms with Crippen molar-refractivity contribution in [1.29, 1.82) is 0 Å². The Bertz CT molecular complexity index is 684. The molecule has 10 nitrogen and oxygen atoms in total. The Morgan fingerprint density at radius 1 is 0.808 bits per heavy atom. The van der Waals surface area contributed by atoms with E-state index in [1.54, 1.807) is 24.3 Å². The fourth-order valence-corrected chi connectivity index (χ4v) is 1.59. The summed E-state index contributed by atoms with van der Waals surface area (Å²) in [5, 5.41) is 0. The molecule has 0 saturated carbocycles. The van der Waals surface area contributed by atoms with Crippen molar-refractivity contribution >= 4 is 23.2 Å². The largest absolute Gasteiger partial charge is 0.366 e. The monoisotopic (exact) mass is 358 g/mol. The molecule has 138 valence electrons. The Labute approximate surface area is 150 Å². The highest BCUT2D eigenvalue weighted by Crippen LogP contribution is 2.06. The number of nitrogens with two attached hydrogens (primary N) is 4. The van der Waals surface area contributed by atoms with Gasteiger partial charge >= 0.3 is 0 Å². The normalized spacial score (nSPS) is 14.4. The van der Waals surface area contributed by atoms with Crippen LogP contribution in [0.15, 0.2) is 47.6 Å². The summed E-state index contributed by atoms with van der Waals surface area (Å²) >= 11 is 0. The molecule has 26 heavy (non-hydrogen) atoms. The number of carbonyl (C=O) groups excluding carboxylic acids is 2. The van der Waals surface area contributed by atoms with E-state index in [1.807, 2.05) is 0 Å². The van der Waals surface area contributed by atoms with E-state index in [4.69, 9.17) is 34.0 Å². The van der Waals surface area contributed by atoms with E-state index >= 15 is 0 Å². The molecule has 0 spiro atoms. The molecule has 0 saturated heterocycles. The molecule has 0 fully saturated rings. The third-order valence-electron chi connectivity index (χ3n) is 2.97. The van der Waals surface area contributed by atoms with Crippen LogP contribution in [0.4, 0.5) is 0 Å². The number of rotatable bonds is 3. The fraction of sp³-hybridized carbons (Fsp3) is 0.250. The first kappa shape index (κ1) is 22.6. The molecule has 8 N–H and O–H groups in total. The van der Waals surface area contributed by atoms with Gasteiger partial charge in [0.15, 0.2) is 0 Å². The average Bonchev–Trinajstić information content (AvgIpc) is 2.68. The molecule has 2 amide bonds. The summed E-state index contributed by atoms with van der Waals surface area (Å²) in [5.41, 5.74) is 38.4. The van der Waals surface area contributed by atoms with Crippen LogP contribution in [-0.4, -0.2) is 45.9 Å². The number of amides is 2. The lowest BCUT2D eigenvalue weighted by atomic mass is 10.1. The quantitative estimate of drug-likeness (QED) is 0.367. The van der Waals surface area contributed by atoms with Gasteiger partial charge in [0, 0.05) is 36.4 Å². The second-order valence-corrected chi connectivity index (χ2v) is 4.88. The maximum atomic E-state index is 10.5. The summed E-state index contributed by atoms with van der Waals surface area (Å²) in [5.74, 6) is -0.920. The second kappa shape index (κ2) is 12.9. The van der Waals surface area contributed by atoms with Crippen molar-refractivity contribution < 1.29 is 19.2 Å². The highest BCUT2D eigenvalue weighted by molar-refractivity contribution is 6.02. The van der Waals surface area contributed by atoms with Crippen molar-refractivity contribution in [3.8, 4) is 0 Å². The van der Waals surface area contributed by atoms with Crippen LogP contribution >= 0.6 is 0 Å². The van der Waals surface area contributed by atoms with Gasteiger partial charge in [-0.1, -0.05) is 12.2 Å². The molecule has 2 aliphatic rings. The van der Waals surface area contributed by atoms with E-state index in [-0.39, 0.29) is 0 Å². The van der Waals surface area contributed by atoms with Crippen molar-refractivity contribution in [1.82, 2.24) is 0 Å². The first-order valence-electron chi connectivity index (χ1n) is 7.57. The van der Waals surface area contributed by atoms with Crippen molar-refractivity contribution in [3.63, 3.8) is 0 Å². The summed E-state index contributed by atoms with van der Waals surface area (Å²) in [7, 11) is 0. The Kier molecular flexibility index (Phi) is 11.2. The Hall–Kier alpha value is -3.42. The van der Waals surface area contributed by atoms with E-state index in [9.17, 15) is 9.59 Å². The number of hydrogen-bond donors (Lipinski definition) is 4. The van der Waals surface area contributed by atoms with Crippen LogP contribution in [0.5, 0.6) is 0 Å². The van der Waals surface area contributed by atoms with E-state index in [2.05, 4.69) is 9.58 Å². The maximum absolute atomic E-state index is 10.5. The summed E-state index contributed by atoms with van der Waals surface area (Å²) in [6, 6.07) is 0. The van der Waals surface area contributed by atoms with Crippen LogP contribution in [0.25, 0.3) is 11.1 Å². The average molecular weight is 358 g/mol. The predicted octanol–water partition coefficient (Wildman–Crippen LogP) is -1.04. The van der Waals surface area contributed by atoms with Gasteiger partial charge in [-0.25, -0.2) is 0 Å². The van der Waals surface area contributed by atoms with Gasteiger partial charge < -0.3 is 34.0 Å². The lowest BCUT2D eigenvalue weighted by Crippen LogP contribution is -2.15. The molecule has 0 heterocycles. The molecule has 0 aromatic carbocycles. The molecule has 0 aromatic heterocycles. The second-order valence-electron chi connectivity index (χ2n) is 4.88. The number of nitrogens with zero attached hydrogens (tertiary/aromatic N) is 4. The summed E-state index contributed by atoms with van der Waals surface area (Å²) in [4.78, 5) is 27.0. The maximum Gasteiger partial charge on any atom is 0.295 e. The van der Waals surface area contributed by atoms with Crippen molar-refractivity contribution in [2.75, 3.05) is 13.1 Å². The predicted molar refractivity (Wildman–Crippen MR) is 97.4 cm³/mol. The van der Waals surface area contributed by atoms with Gasteiger partial charge in [-0.3, -0.25) is 9.59 Å². The van der Waals surface area contributed by atoms with Crippen LogP contribution in [0.1, 0.15) is 12.8 Å². The number of carbonyl (C=O) groups is 2. The number of allylic oxidation sites excluding steroid dienone is 4. The highest BCUT2D eigenvalue weighted by Gasteiger charge is 2.11. The first-order chi connectivity index (χ1) is 12.4. The Balaban J connectivity index is 0.000000401. The topological polar surface area (TPSA) is 211 Å². The SMILES string of the molecule is NCCN.[N-]=[N+]=C1C=CC(C(N)=O)=CC1.[N-]=[N+]=C1C=CC(C(N)=O)=CC1. The molecule has 10 heteroatoms. The van der Waals surface area contributed by atoms with Crippen molar-refractivity contribution in [2.45, 2.75) is 12.8 Å². The third-order valence-corrected chi connectivity index (χ3v) is 2.97. The molecule has 2 rings (SSSR count). The minimum absolute atomic E-state index is 0.450. The smallest absolute Gasteiger partial charge is 0.295 e. The van der Waals surface area contributed by atoms with Gasteiger partial charge in [-0.05, 0) is 12.2 Å². The standard InChI is InChI=1S/2C7H7N3O.C2H8N2/c2*8-7(11)5-1-3-6(10-9)4-2-5;3-1-2-4/h2*1-3H,4H2,(H2,8,11);1-4H2. The van der Waals surface area contributed by atoms with Gasteiger partial charge in [0.2, 0.25) is 11.8 Å². The molecular formula is C16H22N8O2. The van der Waals surface area contributed by atoms with Crippen molar-refractivity contribution in [3.05, 3.63) is 58.7 Å². The zero-order chi connectivity index (χ0) is 19.9. The molecule has 0 atom stereocenters. The van der Waals surface area contributed by atoms with E-state index in [0.717, 1.165) is 0 Å². The van der Waals surface area contributed by atoms with E-state index < -0.39 is 11.8 Å². The minimum Gasteiger partial charge on any atom is -0.366 e. The first-order valence-corrected chi connectivity index (χ1v) is 7.57. The number of primary amides is 2. The Morgan fingerprint density at radius 3 is 1.31 bits per heavy atom. The van der Waals surface area contributed by atoms with Crippen LogP contribution in [0.3, 0.4) is 0 Å². The summed E-state index contributed by atoms with van der Waals surface area (Å²) in [6.45, 7) is 1.19. The minimum atomic E-state index is -0.460. The van der Waals surface area contributed by atoms with Crippen LogP contribution in [-0.2, 0) is 9.59 Å². The molecular weight excluding hydrogens is 336 g/mol. The van der Waals surface area contributed by atoms with Crippen LogP contribution in [0.2, 0.25) is 0 Å². The van der Waals surface area contributed by atoms with Crippen molar-refractivity contribution in [2.24, 2.45) is 22.9 Å². The zero-order valence-electron chi connectivity index (χ0n) is 14.2. The fourth-order valence-electron chi connectivity index (χ4n) is 1.59.